The van der Waals surface area contributed by atoms with E-state index in [9.17, 15) is 14.0 Å². The van der Waals surface area contributed by atoms with Gasteiger partial charge in [0.05, 0.1) is 0 Å². The second-order valence-corrected chi connectivity index (χ2v) is 7.15. The van der Waals surface area contributed by atoms with E-state index in [0.717, 1.165) is 5.56 Å². The minimum absolute atomic E-state index is 0.0159. The summed E-state index contributed by atoms with van der Waals surface area (Å²) in [5.41, 5.74) is 0.774. The average molecular weight is 407 g/mol. The second kappa shape index (κ2) is 10.1. The van der Waals surface area contributed by atoms with Gasteiger partial charge in [-0.3, -0.25) is 9.59 Å². The third-order valence-electron chi connectivity index (χ3n) is 4.03. The maximum Gasteiger partial charge on any atom is 0.261 e. The molecule has 1 N–H and O–H groups in total. The minimum atomic E-state index is -0.738. The van der Waals surface area contributed by atoms with Crippen molar-refractivity contribution in [2.75, 3.05) is 6.61 Å². The predicted molar refractivity (Wildman–Crippen MR) is 107 cm³/mol. The molecule has 1 unspecified atom stereocenters. The normalized spacial score (nSPS) is 11.8. The first kappa shape index (κ1) is 21.7. The van der Waals surface area contributed by atoms with Crippen LogP contribution in [0.2, 0.25) is 5.02 Å². The molecule has 5 nitrogen and oxygen atoms in total. The molecule has 2 aromatic carbocycles. The van der Waals surface area contributed by atoms with Crippen molar-refractivity contribution in [3.8, 4) is 5.75 Å². The first-order chi connectivity index (χ1) is 13.3. The number of amides is 2. The molecule has 2 aromatic rings. The molecule has 0 bridgehead atoms. The van der Waals surface area contributed by atoms with Crippen LogP contribution in [0.15, 0.2) is 48.5 Å². The fourth-order valence-electron chi connectivity index (χ4n) is 2.60. The summed E-state index contributed by atoms with van der Waals surface area (Å²) in [7, 11) is 0. The molecule has 150 valence electrons. The molecular weight excluding hydrogens is 383 g/mol. The lowest BCUT2D eigenvalue weighted by molar-refractivity contribution is -0.142. The molecule has 0 spiro atoms. The Morgan fingerprint density at radius 3 is 2.50 bits per heavy atom. The summed E-state index contributed by atoms with van der Waals surface area (Å²) < 4.78 is 19.1. The number of carbonyl (C=O) groups excluding carboxylic acids is 2. The van der Waals surface area contributed by atoms with Crippen LogP contribution in [0.4, 0.5) is 4.39 Å². The zero-order chi connectivity index (χ0) is 20.7. The molecule has 0 fully saturated rings. The third-order valence-corrected chi connectivity index (χ3v) is 4.26. The van der Waals surface area contributed by atoms with Crippen LogP contribution in [-0.2, 0) is 16.1 Å². The van der Waals surface area contributed by atoms with Gasteiger partial charge in [-0.25, -0.2) is 4.39 Å². The Labute approximate surface area is 169 Å². The Morgan fingerprint density at radius 1 is 1.14 bits per heavy atom. The van der Waals surface area contributed by atoms with Crippen molar-refractivity contribution in [1.82, 2.24) is 10.2 Å². The number of hydrogen-bond acceptors (Lipinski definition) is 3. The highest BCUT2D eigenvalue weighted by atomic mass is 35.5. The highest BCUT2D eigenvalue weighted by molar-refractivity contribution is 6.30. The molecule has 7 heteroatoms. The fourth-order valence-corrected chi connectivity index (χ4v) is 2.82. The molecule has 0 saturated heterocycles. The van der Waals surface area contributed by atoms with E-state index in [1.54, 1.807) is 31.2 Å². The zero-order valence-corrected chi connectivity index (χ0v) is 16.9. The van der Waals surface area contributed by atoms with Gasteiger partial charge in [-0.2, -0.15) is 0 Å². The standard InChI is InChI=1S/C21H24ClFN2O3/c1-14(2)24-21(27)15(3)25(12-16-7-6-8-17(22)11-16)20(26)13-28-19-10-5-4-9-18(19)23/h4-11,14-15H,12-13H2,1-3H3,(H,24,27). The largest absolute Gasteiger partial charge is 0.481 e. The van der Waals surface area contributed by atoms with Crippen molar-refractivity contribution in [2.24, 2.45) is 0 Å². The molecule has 0 saturated carbocycles. The lowest BCUT2D eigenvalue weighted by Crippen LogP contribution is -2.50. The Balaban J connectivity index is 2.17. The molecule has 1 atom stereocenters. The summed E-state index contributed by atoms with van der Waals surface area (Å²) in [4.78, 5) is 26.7. The molecule has 0 aliphatic carbocycles. The van der Waals surface area contributed by atoms with E-state index in [4.69, 9.17) is 16.3 Å². The van der Waals surface area contributed by atoms with Crippen molar-refractivity contribution in [1.29, 1.82) is 0 Å². The minimum Gasteiger partial charge on any atom is -0.481 e. The molecule has 2 rings (SSSR count). The van der Waals surface area contributed by atoms with Crippen LogP contribution in [-0.4, -0.2) is 35.4 Å². The number of carbonyl (C=O) groups is 2. The van der Waals surface area contributed by atoms with Crippen LogP contribution in [0.3, 0.4) is 0 Å². The number of hydrogen-bond donors (Lipinski definition) is 1. The molecule has 0 aliphatic heterocycles. The van der Waals surface area contributed by atoms with Gasteiger partial charge in [-0.15, -0.1) is 0 Å². The number of nitrogens with zero attached hydrogens (tertiary/aromatic N) is 1. The Hall–Kier alpha value is -2.60. The lowest BCUT2D eigenvalue weighted by Gasteiger charge is -2.29. The smallest absolute Gasteiger partial charge is 0.261 e. The van der Waals surface area contributed by atoms with E-state index < -0.39 is 17.8 Å². The number of nitrogens with one attached hydrogen (secondary N) is 1. The van der Waals surface area contributed by atoms with Crippen molar-refractivity contribution in [3.63, 3.8) is 0 Å². The highest BCUT2D eigenvalue weighted by Crippen LogP contribution is 2.17. The van der Waals surface area contributed by atoms with E-state index in [0.29, 0.717) is 5.02 Å². The van der Waals surface area contributed by atoms with Gasteiger partial charge in [0.25, 0.3) is 5.91 Å². The van der Waals surface area contributed by atoms with Gasteiger partial charge in [0.2, 0.25) is 5.91 Å². The van der Waals surface area contributed by atoms with E-state index in [-0.39, 0.29) is 30.9 Å². The van der Waals surface area contributed by atoms with Crippen LogP contribution < -0.4 is 10.1 Å². The van der Waals surface area contributed by atoms with Crippen LogP contribution in [0, 0.1) is 5.82 Å². The van der Waals surface area contributed by atoms with Gasteiger partial charge in [0.1, 0.15) is 6.04 Å². The molecule has 0 aromatic heterocycles. The summed E-state index contributed by atoms with van der Waals surface area (Å²) in [6.45, 7) is 5.11. The number of ether oxygens (including phenoxy) is 1. The van der Waals surface area contributed by atoms with Crippen LogP contribution in [0.5, 0.6) is 5.75 Å². The summed E-state index contributed by atoms with van der Waals surface area (Å²) in [5, 5.41) is 3.33. The maximum absolute atomic E-state index is 13.7. The Bertz CT molecular complexity index is 829. The van der Waals surface area contributed by atoms with Crippen LogP contribution in [0.25, 0.3) is 0 Å². The first-order valence-electron chi connectivity index (χ1n) is 8.99. The highest BCUT2D eigenvalue weighted by Gasteiger charge is 2.27. The zero-order valence-electron chi connectivity index (χ0n) is 16.1. The first-order valence-corrected chi connectivity index (χ1v) is 9.37. The monoisotopic (exact) mass is 406 g/mol. The molecule has 2 amide bonds. The van der Waals surface area contributed by atoms with Gasteiger partial charge in [-0.05, 0) is 50.6 Å². The quantitative estimate of drug-likeness (QED) is 0.725. The van der Waals surface area contributed by atoms with Gasteiger partial charge in [0, 0.05) is 17.6 Å². The molecule has 0 aliphatic rings. The van der Waals surface area contributed by atoms with E-state index in [1.807, 2.05) is 19.9 Å². The summed E-state index contributed by atoms with van der Waals surface area (Å²) in [6, 6.07) is 12.1. The topological polar surface area (TPSA) is 58.6 Å². The molecule has 0 heterocycles. The summed E-state index contributed by atoms with van der Waals surface area (Å²) >= 11 is 6.03. The Morgan fingerprint density at radius 2 is 1.86 bits per heavy atom. The molecular formula is C21H24ClFN2O3. The van der Waals surface area contributed by atoms with Gasteiger partial charge < -0.3 is 15.0 Å². The summed E-state index contributed by atoms with van der Waals surface area (Å²) in [5.74, 6) is -1.29. The maximum atomic E-state index is 13.7. The van der Waals surface area contributed by atoms with Crippen LogP contribution in [0.1, 0.15) is 26.3 Å². The Kier molecular flexibility index (Phi) is 7.81. The average Bonchev–Trinajstić information content (AvgIpc) is 2.64. The van der Waals surface area contributed by atoms with Crippen molar-refractivity contribution in [3.05, 3.63) is 64.9 Å². The summed E-state index contributed by atoms with van der Waals surface area (Å²) in [6.07, 6.45) is 0. The molecule has 0 radical (unpaired) electrons. The third kappa shape index (κ3) is 6.23. The predicted octanol–water partition coefficient (Wildman–Crippen LogP) is 3.80. The van der Waals surface area contributed by atoms with Crippen molar-refractivity contribution in [2.45, 2.75) is 39.4 Å². The van der Waals surface area contributed by atoms with Gasteiger partial charge >= 0.3 is 0 Å². The lowest BCUT2D eigenvalue weighted by atomic mass is 10.1. The molecule has 28 heavy (non-hydrogen) atoms. The van der Waals surface area contributed by atoms with Crippen molar-refractivity contribution >= 4 is 23.4 Å². The number of benzene rings is 2. The van der Waals surface area contributed by atoms with Crippen LogP contribution >= 0.6 is 11.6 Å². The van der Waals surface area contributed by atoms with E-state index >= 15 is 0 Å². The van der Waals surface area contributed by atoms with E-state index in [2.05, 4.69) is 5.32 Å². The SMILES string of the molecule is CC(C)NC(=O)C(C)N(Cc1cccc(Cl)c1)C(=O)COc1ccccc1F. The second-order valence-electron chi connectivity index (χ2n) is 6.71. The number of para-hydroxylation sites is 1. The van der Waals surface area contributed by atoms with Crippen molar-refractivity contribution < 1.29 is 18.7 Å². The van der Waals surface area contributed by atoms with E-state index in [1.165, 1.54) is 23.1 Å². The number of rotatable bonds is 8. The number of halogens is 2. The fraction of sp³-hybridized carbons (Fsp3) is 0.333. The van der Waals surface area contributed by atoms with Gasteiger partial charge in [0.15, 0.2) is 18.2 Å². The van der Waals surface area contributed by atoms with Gasteiger partial charge in [-0.1, -0.05) is 35.9 Å².